The van der Waals surface area contributed by atoms with Gasteiger partial charge >= 0.3 is 0 Å². The van der Waals surface area contributed by atoms with Gasteiger partial charge < -0.3 is 4.74 Å². The Balaban J connectivity index is 2.16. The predicted molar refractivity (Wildman–Crippen MR) is 75.4 cm³/mol. The van der Waals surface area contributed by atoms with Crippen LogP contribution in [-0.4, -0.2) is 24.6 Å². The van der Waals surface area contributed by atoms with Crippen molar-refractivity contribution in [1.82, 2.24) is 4.98 Å². The molecule has 0 spiro atoms. The number of rotatable bonds is 6. The standard InChI is InChI=1S/C16H23F2NO/c1-11(2)14-7-6-13(12-8-9-20-10-12)15(19-14)4-3-5-16(17)18/h6-7,11-12,16H,3-5,8-10H2,1-2H3/t12-/m0/s1. The van der Waals surface area contributed by atoms with E-state index in [1.165, 1.54) is 5.56 Å². The molecule has 0 aliphatic carbocycles. The fourth-order valence-electron chi connectivity index (χ4n) is 2.63. The van der Waals surface area contributed by atoms with E-state index in [1.807, 2.05) is 0 Å². The zero-order valence-electron chi connectivity index (χ0n) is 12.2. The molecule has 0 aromatic carbocycles. The van der Waals surface area contributed by atoms with Gasteiger partial charge in [0.25, 0.3) is 0 Å². The van der Waals surface area contributed by atoms with E-state index in [0.29, 0.717) is 24.7 Å². The molecule has 0 amide bonds. The molecule has 1 saturated heterocycles. The van der Waals surface area contributed by atoms with E-state index in [2.05, 4.69) is 26.0 Å². The average Bonchev–Trinajstić information content (AvgIpc) is 2.91. The normalized spacial score (nSPS) is 19.2. The van der Waals surface area contributed by atoms with Gasteiger partial charge in [0, 0.05) is 30.3 Å². The largest absolute Gasteiger partial charge is 0.381 e. The Morgan fingerprint density at radius 3 is 2.75 bits per heavy atom. The third-order valence-electron chi connectivity index (χ3n) is 3.83. The minimum absolute atomic E-state index is 0.0474. The summed E-state index contributed by atoms with van der Waals surface area (Å²) in [4.78, 5) is 4.71. The van der Waals surface area contributed by atoms with Gasteiger partial charge in [0.2, 0.25) is 6.43 Å². The van der Waals surface area contributed by atoms with E-state index >= 15 is 0 Å². The van der Waals surface area contributed by atoms with E-state index < -0.39 is 6.43 Å². The molecule has 1 aliphatic heterocycles. The number of aryl methyl sites for hydroxylation is 1. The molecule has 0 N–H and O–H groups in total. The maximum absolute atomic E-state index is 12.3. The maximum Gasteiger partial charge on any atom is 0.238 e. The van der Waals surface area contributed by atoms with Crippen molar-refractivity contribution < 1.29 is 13.5 Å². The molecule has 2 heterocycles. The number of alkyl halides is 2. The van der Waals surface area contributed by atoms with E-state index in [4.69, 9.17) is 9.72 Å². The first-order valence-corrected chi connectivity index (χ1v) is 7.43. The fraction of sp³-hybridized carbons (Fsp3) is 0.688. The van der Waals surface area contributed by atoms with Crippen molar-refractivity contribution in [3.05, 3.63) is 29.1 Å². The minimum atomic E-state index is -2.22. The Bertz CT molecular complexity index is 428. The topological polar surface area (TPSA) is 22.1 Å². The summed E-state index contributed by atoms with van der Waals surface area (Å²) >= 11 is 0. The molecule has 0 saturated carbocycles. The van der Waals surface area contributed by atoms with Gasteiger partial charge in [-0.15, -0.1) is 0 Å². The van der Waals surface area contributed by atoms with Crippen LogP contribution >= 0.6 is 0 Å². The number of hydrogen-bond acceptors (Lipinski definition) is 2. The summed E-state index contributed by atoms with van der Waals surface area (Å²) in [6.45, 7) is 5.71. The van der Waals surface area contributed by atoms with Gasteiger partial charge in [-0.2, -0.15) is 0 Å². The van der Waals surface area contributed by atoms with Crippen molar-refractivity contribution in [3.8, 4) is 0 Å². The maximum atomic E-state index is 12.3. The zero-order chi connectivity index (χ0) is 14.5. The van der Waals surface area contributed by atoms with Gasteiger partial charge in [-0.3, -0.25) is 4.98 Å². The molecule has 2 nitrogen and oxygen atoms in total. The lowest BCUT2D eigenvalue weighted by Crippen LogP contribution is -2.08. The van der Waals surface area contributed by atoms with Crippen LogP contribution < -0.4 is 0 Å². The molecule has 112 valence electrons. The van der Waals surface area contributed by atoms with Gasteiger partial charge in [0.05, 0.1) is 6.61 Å². The summed E-state index contributed by atoms with van der Waals surface area (Å²) in [6.07, 6.45) is -0.135. The van der Waals surface area contributed by atoms with Crippen molar-refractivity contribution >= 4 is 0 Å². The number of nitrogens with zero attached hydrogens (tertiary/aromatic N) is 1. The van der Waals surface area contributed by atoms with Crippen LogP contribution in [0.25, 0.3) is 0 Å². The SMILES string of the molecule is CC(C)c1ccc([C@H]2CCOC2)c(CCCC(F)F)n1. The zero-order valence-corrected chi connectivity index (χ0v) is 12.2. The van der Waals surface area contributed by atoms with Crippen LogP contribution in [0, 0.1) is 0 Å². The van der Waals surface area contributed by atoms with Crippen LogP contribution in [0.3, 0.4) is 0 Å². The van der Waals surface area contributed by atoms with E-state index in [9.17, 15) is 8.78 Å². The first kappa shape index (κ1) is 15.4. The highest BCUT2D eigenvalue weighted by molar-refractivity contribution is 5.28. The summed E-state index contributed by atoms with van der Waals surface area (Å²) in [6, 6.07) is 4.19. The molecule has 1 aliphatic rings. The third kappa shape index (κ3) is 3.98. The molecule has 4 heteroatoms. The molecule has 0 unspecified atom stereocenters. The fourth-order valence-corrected chi connectivity index (χ4v) is 2.63. The molecule has 1 aromatic heterocycles. The highest BCUT2D eigenvalue weighted by atomic mass is 19.3. The summed E-state index contributed by atoms with van der Waals surface area (Å²) < 4.78 is 30.1. The van der Waals surface area contributed by atoms with Gasteiger partial charge in [0.15, 0.2) is 0 Å². The molecular weight excluding hydrogens is 260 g/mol. The van der Waals surface area contributed by atoms with Gasteiger partial charge in [0.1, 0.15) is 0 Å². The highest BCUT2D eigenvalue weighted by Gasteiger charge is 2.22. The van der Waals surface area contributed by atoms with Gasteiger partial charge in [-0.25, -0.2) is 8.78 Å². The second-order valence-corrected chi connectivity index (χ2v) is 5.77. The first-order valence-electron chi connectivity index (χ1n) is 7.43. The van der Waals surface area contributed by atoms with Crippen molar-refractivity contribution in [2.75, 3.05) is 13.2 Å². The summed E-state index contributed by atoms with van der Waals surface area (Å²) in [5.74, 6) is 0.739. The Morgan fingerprint density at radius 1 is 1.35 bits per heavy atom. The number of aromatic nitrogens is 1. The molecule has 1 atom stereocenters. The Morgan fingerprint density at radius 2 is 2.15 bits per heavy atom. The van der Waals surface area contributed by atoms with Gasteiger partial charge in [-0.05, 0) is 36.8 Å². The molecule has 20 heavy (non-hydrogen) atoms. The molecule has 0 radical (unpaired) electrons. The van der Waals surface area contributed by atoms with Crippen LogP contribution in [0.4, 0.5) is 8.78 Å². The summed E-state index contributed by atoms with van der Waals surface area (Å²) in [5, 5.41) is 0. The molecule has 1 fully saturated rings. The second kappa shape index (κ2) is 7.11. The number of halogens is 2. The summed E-state index contributed by atoms with van der Waals surface area (Å²) in [5.41, 5.74) is 3.23. The second-order valence-electron chi connectivity index (χ2n) is 5.77. The Labute approximate surface area is 119 Å². The van der Waals surface area contributed by atoms with Crippen LogP contribution in [-0.2, 0) is 11.2 Å². The lowest BCUT2D eigenvalue weighted by Gasteiger charge is -2.16. The van der Waals surface area contributed by atoms with E-state index in [1.54, 1.807) is 0 Å². The first-order chi connectivity index (χ1) is 9.58. The molecular formula is C16H23F2NO. The van der Waals surface area contributed by atoms with Crippen LogP contribution in [0.2, 0.25) is 0 Å². The molecule has 2 rings (SSSR count). The predicted octanol–water partition coefficient (Wildman–Crippen LogP) is 4.30. The third-order valence-corrected chi connectivity index (χ3v) is 3.83. The number of ether oxygens (including phenoxy) is 1. The lowest BCUT2D eigenvalue weighted by atomic mass is 9.93. The van der Waals surface area contributed by atoms with Crippen molar-refractivity contribution in [2.24, 2.45) is 0 Å². The van der Waals surface area contributed by atoms with Crippen LogP contribution in [0.5, 0.6) is 0 Å². The minimum Gasteiger partial charge on any atom is -0.381 e. The van der Waals surface area contributed by atoms with Gasteiger partial charge in [-0.1, -0.05) is 19.9 Å². The summed E-state index contributed by atoms with van der Waals surface area (Å²) in [7, 11) is 0. The van der Waals surface area contributed by atoms with Crippen molar-refractivity contribution in [1.29, 1.82) is 0 Å². The average molecular weight is 283 g/mol. The molecule has 1 aromatic rings. The van der Waals surface area contributed by atoms with Crippen molar-refractivity contribution in [2.45, 2.75) is 57.8 Å². The smallest absolute Gasteiger partial charge is 0.238 e. The van der Waals surface area contributed by atoms with E-state index in [-0.39, 0.29) is 6.42 Å². The monoisotopic (exact) mass is 283 g/mol. The quantitative estimate of drug-likeness (QED) is 0.776. The van der Waals surface area contributed by atoms with Crippen LogP contribution in [0.15, 0.2) is 12.1 Å². The number of pyridine rings is 1. The van der Waals surface area contributed by atoms with E-state index in [0.717, 1.165) is 31.0 Å². The van der Waals surface area contributed by atoms with Crippen LogP contribution in [0.1, 0.15) is 61.9 Å². The Hall–Kier alpha value is -1.03. The Kier molecular flexibility index (Phi) is 5.46. The highest BCUT2D eigenvalue weighted by Crippen LogP contribution is 2.29. The lowest BCUT2D eigenvalue weighted by molar-refractivity contribution is 0.135. The number of hydrogen-bond donors (Lipinski definition) is 0. The van der Waals surface area contributed by atoms with Crippen molar-refractivity contribution in [3.63, 3.8) is 0 Å². The molecule has 0 bridgehead atoms.